The summed E-state index contributed by atoms with van der Waals surface area (Å²) in [6, 6.07) is 9.62. The van der Waals surface area contributed by atoms with E-state index in [-0.39, 0.29) is 12.5 Å². The highest BCUT2D eigenvalue weighted by atomic mass is 32.2. The Morgan fingerprint density at radius 3 is 2.44 bits per heavy atom. The van der Waals surface area contributed by atoms with Crippen molar-refractivity contribution in [3.8, 4) is 0 Å². The quantitative estimate of drug-likeness (QED) is 0.760. The molecule has 1 aromatic carbocycles. The van der Waals surface area contributed by atoms with E-state index < -0.39 is 23.7 Å². The Kier molecular flexibility index (Phi) is 4.64. The third kappa shape index (κ3) is 2.87. The lowest BCUT2D eigenvalue weighted by molar-refractivity contribution is -0.177. The van der Waals surface area contributed by atoms with E-state index in [1.807, 2.05) is 30.3 Å². The summed E-state index contributed by atoms with van der Waals surface area (Å²) in [4.78, 5) is 0.988. The van der Waals surface area contributed by atoms with Gasteiger partial charge in [0.2, 0.25) is 0 Å². The number of ether oxygens (including phenoxy) is 1. The Balaban J connectivity index is 2.08. The van der Waals surface area contributed by atoms with E-state index in [1.54, 1.807) is 6.92 Å². The van der Waals surface area contributed by atoms with Gasteiger partial charge in [-0.1, -0.05) is 36.9 Å². The molecule has 2 unspecified atom stereocenters. The average Bonchev–Trinajstić information content (AvgIpc) is 2.40. The van der Waals surface area contributed by atoms with E-state index >= 15 is 0 Å². The number of hydrogen-bond acceptors (Lipinski definition) is 5. The van der Waals surface area contributed by atoms with Crippen LogP contribution < -0.4 is 0 Å². The van der Waals surface area contributed by atoms with Crippen LogP contribution in [-0.4, -0.2) is 45.7 Å². The summed E-state index contributed by atoms with van der Waals surface area (Å²) in [5, 5.41) is 29.1. The summed E-state index contributed by atoms with van der Waals surface area (Å²) in [5.74, 6) is -0.322. The molecule has 0 bridgehead atoms. The zero-order valence-electron chi connectivity index (χ0n) is 10.1. The van der Waals surface area contributed by atoms with Crippen LogP contribution >= 0.6 is 11.8 Å². The van der Waals surface area contributed by atoms with Crippen LogP contribution in [0.4, 0.5) is 0 Å². The van der Waals surface area contributed by atoms with Gasteiger partial charge < -0.3 is 20.1 Å². The first-order valence-corrected chi connectivity index (χ1v) is 6.85. The lowest BCUT2D eigenvalue weighted by atomic mass is 9.92. The Labute approximate surface area is 111 Å². The van der Waals surface area contributed by atoms with Crippen LogP contribution in [0.3, 0.4) is 0 Å². The van der Waals surface area contributed by atoms with Crippen molar-refractivity contribution in [3.05, 3.63) is 30.3 Å². The SMILES string of the molecule is C[C@@H]1C(O)[C@@H](Sc2ccccc2)OC(CO)[C@@H]1O. The predicted octanol–water partition coefficient (Wildman–Crippen LogP) is 0.854. The molecule has 1 aliphatic rings. The molecule has 2 rings (SSSR count). The third-order valence-corrected chi connectivity index (χ3v) is 4.39. The minimum atomic E-state index is -0.836. The van der Waals surface area contributed by atoms with E-state index in [0.29, 0.717) is 0 Å². The molecule has 0 amide bonds. The van der Waals surface area contributed by atoms with Gasteiger partial charge in [0.15, 0.2) is 0 Å². The molecule has 0 saturated carbocycles. The van der Waals surface area contributed by atoms with Gasteiger partial charge in [-0.3, -0.25) is 0 Å². The summed E-state index contributed by atoms with van der Waals surface area (Å²) in [6.45, 7) is 1.52. The molecule has 0 spiro atoms. The van der Waals surface area contributed by atoms with E-state index in [2.05, 4.69) is 0 Å². The second-order valence-electron chi connectivity index (χ2n) is 4.50. The van der Waals surface area contributed by atoms with Gasteiger partial charge in [-0.05, 0) is 12.1 Å². The first kappa shape index (κ1) is 13.8. The molecular formula is C13H18O4S. The molecule has 18 heavy (non-hydrogen) atoms. The molecule has 0 aliphatic carbocycles. The van der Waals surface area contributed by atoms with Gasteiger partial charge in [0.05, 0.1) is 18.8 Å². The highest BCUT2D eigenvalue weighted by Gasteiger charge is 2.42. The predicted molar refractivity (Wildman–Crippen MR) is 69.2 cm³/mol. The zero-order chi connectivity index (χ0) is 13.1. The monoisotopic (exact) mass is 270 g/mol. The van der Waals surface area contributed by atoms with Crippen LogP contribution in [0.5, 0.6) is 0 Å². The van der Waals surface area contributed by atoms with Gasteiger partial charge in [0.25, 0.3) is 0 Å². The molecule has 5 atom stereocenters. The molecule has 3 N–H and O–H groups in total. The standard InChI is InChI=1S/C13H18O4S/c1-8-11(15)10(7-14)17-13(12(8)16)18-9-5-3-2-4-6-9/h2-6,8,10-16H,7H2,1H3/t8-,10?,11+,12?,13+/m0/s1. The number of hydrogen-bond donors (Lipinski definition) is 3. The van der Waals surface area contributed by atoms with Crippen molar-refractivity contribution in [1.29, 1.82) is 0 Å². The Morgan fingerprint density at radius 2 is 1.83 bits per heavy atom. The fourth-order valence-electron chi connectivity index (χ4n) is 2.00. The highest BCUT2D eigenvalue weighted by Crippen LogP contribution is 2.35. The maximum atomic E-state index is 10.1. The van der Waals surface area contributed by atoms with Crippen LogP contribution in [-0.2, 0) is 4.74 Å². The van der Waals surface area contributed by atoms with Crippen molar-refractivity contribution in [3.63, 3.8) is 0 Å². The number of aliphatic hydroxyl groups excluding tert-OH is 3. The fraction of sp³-hybridized carbons (Fsp3) is 0.538. The second kappa shape index (κ2) is 6.04. The van der Waals surface area contributed by atoms with E-state index in [1.165, 1.54) is 11.8 Å². The Hall–Kier alpha value is -0.590. The van der Waals surface area contributed by atoms with Gasteiger partial charge in [0.1, 0.15) is 11.5 Å². The molecule has 1 aromatic rings. The average molecular weight is 270 g/mol. The van der Waals surface area contributed by atoms with Gasteiger partial charge in [-0.2, -0.15) is 0 Å². The minimum absolute atomic E-state index is 0.246. The first-order valence-electron chi connectivity index (χ1n) is 5.97. The van der Waals surface area contributed by atoms with E-state index in [9.17, 15) is 15.3 Å². The lowest BCUT2D eigenvalue weighted by Crippen LogP contribution is -2.53. The molecular weight excluding hydrogens is 252 g/mol. The van der Waals surface area contributed by atoms with E-state index in [0.717, 1.165) is 4.90 Å². The molecule has 1 fully saturated rings. The van der Waals surface area contributed by atoms with Gasteiger partial charge >= 0.3 is 0 Å². The zero-order valence-corrected chi connectivity index (χ0v) is 11.0. The van der Waals surface area contributed by atoms with E-state index in [4.69, 9.17) is 4.74 Å². The smallest absolute Gasteiger partial charge is 0.134 e. The van der Waals surface area contributed by atoms with Crippen molar-refractivity contribution in [2.24, 2.45) is 5.92 Å². The van der Waals surface area contributed by atoms with Gasteiger partial charge in [0, 0.05) is 10.8 Å². The van der Waals surface area contributed by atoms with Crippen molar-refractivity contribution in [2.45, 2.75) is 35.6 Å². The van der Waals surface area contributed by atoms with Crippen LogP contribution in [0.25, 0.3) is 0 Å². The summed E-state index contributed by atoms with van der Waals surface area (Å²) in [7, 11) is 0. The highest BCUT2D eigenvalue weighted by molar-refractivity contribution is 7.99. The molecule has 5 heteroatoms. The Morgan fingerprint density at radius 1 is 1.17 bits per heavy atom. The van der Waals surface area contributed by atoms with Crippen LogP contribution in [0, 0.1) is 5.92 Å². The summed E-state index contributed by atoms with van der Waals surface area (Å²) >= 11 is 1.40. The molecule has 1 aliphatic heterocycles. The second-order valence-corrected chi connectivity index (χ2v) is 5.67. The maximum Gasteiger partial charge on any atom is 0.134 e. The van der Waals surface area contributed by atoms with Crippen LogP contribution in [0.15, 0.2) is 35.2 Å². The van der Waals surface area contributed by atoms with Crippen molar-refractivity contribution >= 4 is 11.8 Å². The first-order chi connectivity index (χ1) is 8.63. The van der Waals surface area contributed by atoms with Crippen molar-refractivity contribution in [2.75, 3.05) is 6.61 Å². The molecule has 0 aromatic heterocycles. The normalized spacial score (nSPS) is 36.6. The number of benzene rings is 1. The summed E-state index contributed by atoms with van der Waals surface area (Å²) in [6.07, 6.45) is -2.23. The lowest BCUT2D eigenvalue weighted by Gasteiger charge is -2.40. The summed E-state index contributed by atoms with van der Waals surface area (Å²) in [5.41, 5.74) is -0.469. The van der Waals surface area contributed by atoms with Crippen LogP contribution in [0.2, 0.25) is 0 Å². The number of aliphatic hydroxyl groups is 3. The van der Waals surface area contributed by atoms with Gasteiger partial charge in [-0.15, -0.1) is 0 Å². The fourth-order valence-corrected chi connectivity index (χ4v) is 3.17. The molecule has 0 radical (unpaired) electrons. The summed E-state index contributed by atoms with van der Waals surface area (Å²) < 4.78 is 5.55. The number of rotatable bonds is 3. The molecule has 1 saturated heterocycles. The largest absolute Gasteiger partial charge is 0.394 e. The maximum absolute atomic E-state index is 10.1. The molecule has 1 heterocycles. The third-order valence-electron chi connectivity index (χ3n) is 3.22. The number of thioether (sulfide) groups is 1. The van der Waals surface area contributed by atoms with Crippen molar-refractivity contribution in [1.82, 2.24) is 0 Å². The topological polar surface area (TPSA) is 69.9 Å². The van der Waals surface area contributed by atoms with Gasteiger partial charge in [-0.25, -0.2) is 0 Å². The van der Waals surface area contributed by atoms with Crippen molar-refractivity contribution < 1.29 is 20.1 Å². The Bertz CT molecular complexity index is 371. The minimum Gasteiger partial charge on any atom is -0.394 e. The van der Waals surface area contributed by atoms with Crippen LogP contribution in [0.1, 0.15) is 6.92 Å². The molecule has 4 nitrogen and oxygen atoms in total. The molecule has 100 valence electrons.